The van der Waals surface area contributed by atoms with E-state index in [0.717, 1.165) is 28.6 Å². The Labute approximate surface area is 191 Å². The zero-order chi connectivity index (χ0) is 22.4. The summed E-state index contributed by atoms with van der Waals surface area (Å²) in [6.45, 7) is 3.69. The van der Waals surface area contributed by atoms with Gasteiger partial charge in [-0.3, -0.25) is 14.5 Å². The van der Waals surface area contributed by atoms with Gasteiger partial charge in [0.1, 0.15) is 0 Å². The number of rotatable bonds is 7. The Morgan fingerprint density at radius 3 is 2.29 bits per heavy atom. The van der Waals surface area contributed by atoms with Crippen molar-refractivity contribution in [1.82, 2.24) is 4.90 Å². The normalized spacial score (nSPS) is 14.7. The molecule has 0 spiro atoms. The predicted molar refractivity (Wildman–Crippen MR) is 125 cm³/mol. The van der Waals surface area contributed by atoms with Crippen LogP contribution >= 0.6 is 15.9 Å². The second-order valence-corrected chi connectivity index (χ2v) is 8.48. The number of nitrogens with one attached hydrogen (secondary N) is 2. The fourth-order valence-electron chi connectivity index (χ4n) is 3.64. The maximum Gasteiger partial charge on any atom is 0.238 e. The molecule has 2 aromatic carbocycles. The number of methoxy groups -OCH3 is 2. The second kappa shape index (κ2) is 10.6. The Morgan fingerprint density at radius 1 is 1.00 bits per heavy atom. The first-order chi connectivity index (χ1) is 14.9. The minimum absolute atomic E-state index is 0.0381. The van der Waals surface area contributed by atoms with E-state index in [1.165, 1.54) is 0 Å². The number of benzene rings is 2. The summed E-state index contributed by atoms with van der Waals surface area (Å²) in [4.78, 5) is 27.1. The lowest BCUT2D eigenvalue weighted by Crippen LogP contribution is -2.41. The highest BCUT2D eigenvalue weighted by atomic mass is 79.9. The van der Waals surface area contributed by atoms with Crippen LogP contribution < -0.4 is 20.1 Å². The van der Waals surface area contributed by atoms with Crippen molar-refractivity contribution in [1.29, 1.82) is 0 Å². The van der Waals surface area contributed by atoms with Crippen molar-refractivity contribution in [3.8, 4) is 11.5 Å². The number of hydrogen-bond donors (Lipinski definition) is 2. The fraction of sp³-hybridized carbons (Fsp3) is 0.391. The minimum atomic E-state index is -0.0968. The van der Waals surface area contributed by atoms with E-state index in [4.69, 9.17) is 9.47 Å². The highest BCUT2D eigenvalue weighted by Crippen LogP contribution is 2.30. The van der Waals surface area contributed by atoms with Gasteiger partial charge in [-0.2, -0.15) is 0 Å². The Balaban J connectivity index is 1.46. The molecule has 2 amide bonds. The Bertz CT molecular complexity index is 942. The van der Waals surface area contributed by atoms with Gasteiger partial charge in [0.2, 0.25) is 11.8 Å². The maximum absolute atomic E-state index is 12.6. The van der Waals surface area contributed by atoms with Crippen LogP contribution in [0.3, 0.4) is 0 Å². The number of carbonyl (C=O) groups is 2. The number of anilines is 2. The van der Waals surface area contributed by atoms with E-state index in [2.05, 4.69) is 31.5 Å². The smallest absolute Gasteiger partial charge is 0.238 e. The first-order valence-corrected chi connectivity index (χ1v) is 11.0. The molecule has 166 valence electrons. The molecule has 0 atom stereocenters. The van der Waals surface area contributed by atoms with E-state index < -0.39 is 0 Å². The Kier molecular flexibility index (Phi) is 7.92. The van der Waals surface area contributed by atoms with Gasteiger partial charge in [-0.05, 0) is 68.8 Å². The van der Waals surface area contributed by atoms with Gasteiger partial charge in [0.15, 0.2) is 11.5 Å². The van der Waals surface area contributed by atoms with Crippen LogP contribution in [0.15, 0.2) is 40.9 Å². The molecule has 0 radical (unpaired) electrons. The quantitative estimate of drug-likeness (QED) is 0.612. The number of hydrogen-bond acceptors (Lipinski definition) is 5. The molecule has 1 heterocycles. The summed E-state index contributed by atoms with van der Waals surface area (Å²) >= 11 is 3.47. The van der Waals surface area contributed by atoms with Crippen LogP contribution in [0, 0.1) is 12.8 Å². The average Bonchev–Trinajstić information content (AvgIpc) is 2.76. The van der Waals surface area contributed by atoms with Gasteiger partial charge in [-0.1, -0.05) is 15.9 Å². The number of likely N-dealkylation sites (tertiary alicyclic amines) is 1. The van der Waals surface area contributed by atoms with Crippen molar-refractivity contribution >= 4 is 39.1 Å². The van der Waals surface area contributed by atoms with Crippen molar-refractivity contribution in [2.75, 3.05) is 44.5 Å². The van der Waals surface area contributed by atoms with E-state index >= 15 is 0 Å². The Morgan fingerprint density at radius 2 is 1.65 bits per heavy atom. The SMILES string of the molecule is COc1ccc(NC(=O)CN2CCC(C(=O)Nc3ccc(Br)c(C)c3)CC2)cc1OC. The summed E-state index contributed by atoms with van der Waals surface area (Å²) in [6.07, 6.45) is 1.45. The fourth-order valence-corrected chi connectivity index (χ4v) is 3.88. The molecular weight excluding hydrogens is 462 g/mol. The number of halogens is 1. The van der Waals surface area contributed by atoms with Gasteiger partial charge in [-0.25, -0.2) is 0 Å². The Hall–Kier alpha value is -2.58. The van der Waals surface area contributed by atoms with Crippen molar-refractivity contribution in [3.05, 3.63) is 46.4 Å². The molecule has 1 aliphatic rings. The predicted octanol–water partition coefficient (Wildman–Crippen LogP) is 4.06. The summed E-state index contributed by atoms with van der Waals surface area (Å²) in [7, 11) is 3.13. The first kappa shape index (κ1) is 23.1. The number of piperidine rings is 1. The standard InChI is InChI=1S/C23H28BrN3O4/c1-15-12-17(4-6-19(15)24)26-23(29)16-8-10-27(11-9-16)14-22(28)25-18-5-7-20(30-2)21(13-18)31-3/h4-7,12-13,16H,8-11,14H2,1-3H3,(H,25,28)(H,26,29). The molecule has 31 heavy (non-hydrogen) atoms. The lowest BCUT2D eigenvalue weighted by molar-refractivity contribution is -0.121. The number of amides is 2. The summed E-state index contributed by atoms with van der Waals surface area (Å²) in [6, 6.07) is 11.0. The molecule has 0 saturated carbocycles. The minimum Gasteiger partial charge on any atom is -0.493 e. The van der Waals surface area contributed by atoms with E-state index in [-0.39, 0.29) is 24.3 Å². The lowest BCUT2D eigenvalue weighted by Gasteiger charge is -2.30. The summed E-state index contributed by atoms with van der Waals surface area (Å²) in [5.41, 5.74) is 2.54. The molecule has 1 saturated heterocycles. The van der Waals surface area contributed by atoms with E-state index in [1.807, 2.05) is 25.1 Å². The van der Waals surface area contributed by atoms with Crippen LogP contribution in [0.4, 0.5) is 11.4 Å². The summed E-state index contributed by atoms with van der Waals surface area (Å²) in [5, 5.41) is 5.90. The topological polar surface area (TPSA) is 79.9 Å². The molecule has 3 rings (SSSR count). The van der Waals surface area contributed by atoms with Gasteiger partial charge in [0.25, 0.3) is 0 Å². The third-order valence-electron chi connectivity index (χ3n) is 5.42. The average molecular weight is 490 g/mol. The lowest BCUT2D eigenvalue weighted by atomic mass is 9.95. The molecule has 8 heteroatoms. The number of aryl methyl sites for hydroxylation is 1. The van der Waals surface area contributed by atoms with Crippen LogP contribution in [-0.4, -0.2) is 50.6 Å². The van der Waals surface area contributed by atoms with Crippen molar-refractivity contribution in [2.45, 2.75) is 19.8 Å². The zero-order valence-corrected chi connectivity index (χ0v) is 19.6. The van der Waals surface area contributed by atoms with Gasteiger partial charge < -0.3 is 20.1 Å². The highest BCUT2D eigenvalue weighted by molar-refractivity contribution is 9.10. The number of ether oxygens (including phenoxy) is 2. The molecule has 2 aromatic rings. The molecule has 0 unspecified atom stereocenters. The van der Waals surface area contributed by atoms with Crippen LogP contribution in [0.2, 0.25) is 0 Å². The van der Waals surface area contributed by atoms with Crippen LogP contribution in [0.1, 0.15) is 18.4 Å². The van der Waals surface area contributed by atoms with E-state index in [1.54, 1.807) is 32.4 Å². The summed E-state index contributed by atoms with van der Waals surface area (Å²) in [5.74, 6) is 1.07. The van der Waals surface area contributed by atoms with Gasteiger partial charge in [-0.15, -0.1) is 0 Å². The van der Waals surface area contributed by atoms with E-state index in [0.29, 0.717) is 30.3 Å². The molecular formula is C23H28BrN3O4. The molecule has 1 fully saturated rings. The van der Waals surface area contributed by atoms with Crippen molar-refractivity contribution < 1.29 is 19.1 Å². The summed E-state index contributed by atoms with van der Waals surface area (Å²) < 4.78 is 11.5. The van der Waals surface area contributed by atoms with Crippen LogP contribution in [-0.2, 0) is 9.59 Å². The zero-order valence-electron chi connectivity index (χ0n) is 18.0. The maximum atomic E-state index is 12.6. The van der Waals surface area contributed by atoms with Gasteiger partial charge >= 0.3 is 0 Å². The monoisotopic (exact) mass is 489 g/mol. The van der Waals surface area contributed by atoms with Crippen molar-refractivity contribution in [3.63, 3.8) is 0 Å². The van der Waals surface area contributed by atoms with E-state index in [9.17, 15) is 9.59 Å². The largest absolute Gasteiger partial charge is 0.493 e. The molecule has 1 aliphatic heterocycles. The third-order valence-corrected chi connectivity index (χ3v) is 6.31. The second-order valence-electron chi connectivity index (χ2n) is 7.62. The highest BCUT2D eigenvalue weighted by Gasteiger charge is 2.26. The third kappa shape index (κ3) is 6.21. The number of nitrogens with zero attached hydrogens (tertiary/aromatic N) is 1. The molecule has 2 N–H and O–H groups in total. The molecule has 0 aromatic heterocycles. The van der Waals surface area contributed by atoms with Gasteiger partial charge in [0, 0.05) is 27.8 Å². The molecule has 0 aliphatic carbocycles. The van der Waals surface area contributed by atoms with Gasteiger partial charge in [0.05, 0.1) is 20.8 Å². The molecule has 7 nitrogen and oxygen atoms in total. The van der Waals surface area contributed by atoms with Crippen LogP contribution in [0.25, 0.3) is 0 Å². The first-order valence-electron chi connectivity index (χ1n) is 10.2. The van der Waals surface area contributed by atoms with Crippen LogP contribution in [0.5, 0.6) is 11.5 Å². The molecule has 0 bridgehead atoms. The number of carbonyl (C=O) groups excluding carboxylic acids is 2. The van der Waals surface area contributed by atoms with Crippen molar-refractivity contribution in [2.24, 2.45) is 5.92 Å².